The van der Waals surface area contributed by atoms with Gasteiger partial charge >= 0.3 is 0 Å². The second-order valence-corrected chi connectivity index (χ2v) is 7.33. The molecule has 1 atom stereocenters. The first-order valence-electron chi connectivity index (χ1n) is 9.26. The minimum atomic E-state index is 0.140. The molecule has 0 aliphatic carbocycles. The van der Waals surface area contributed by atoms with Gasteiger partial charge < -0.3 is 14.4 Å². The maximum atomic E-state index is 12.8. The Balaban J connectivity index is 1.43. The quantitative estimate of drug-likeness (QED) is 0.864. The molecule has 132 valence electrons. The van der Waals surface area contributed by atoms with Crippen LogP contribution in [0.5, 0.6) is 0 Å². The van der Waals surface area contributed by atoms with Crippen LogP contribution in [0.25, 0.3) is 0 Å². The van der Waals surface area contributed by atoms with E-state index in [1.165, 1.54) is 18.5 Å². The van der Waals surface area contributed by atoms with Gasteiger partial charge in [0.1, 0.15) is 5.82 Å². The van der Waals surface area contributed by atoms with Crippen LogP contribution in [-0.4, -0.2) is 46.5 Å². The predicted molar refractivity (Wildman–Crippen MR) is 99.1 cm³/mol. The number of imidazole rings is 1. The Morgan fingerprint density at radius 2 is 1.84 bits per heavy atom. The molecule has 0 spiro atoms. The van der Waals surface area contributed by atoms with Crippen molar-refractivity contribution in [2.45, 2.75) is 32.1 Å². The molecule has 3 heterocycles. The highest BCUT2D eigenvalue weighted by atomic mass is 16.2. The number of aryl methyl sites for hydroxylation is 2. The van der Waals surface area contributed by atoms with Crippen molar-refractivity contribution in [3.63, 3.8) is 0 Å². The zero-order valence-corrected chi connectivity index (χ0v) is 15.1. The van der Waals surface area contributed by atoms with Crippen LogP contribution in [0.4, 0.5) is 5.69 Å². The first-order chi connectivity index (χ1) is 12.1. The maximum absolute atomic E-state index is 12.8. The van der Waals surface area contributed by atoms with Crippen molar-refractivity contribution >= 4 is 11.6 Å². The number of hydrogen-bond donors (Lipinski definition) is 0. The molecule has 5 nitrogen and oxygen atoms in total. The van der Waals surface area contributed by atoms with Gasteiger partial charge in [-0.25, -0.2) is 4.98 Å². The molecule has 5 heteroatoms. The largest absolute Gasteiger partial charge is 0.372 e. The van der Waals surface area contributed by atoms with Gasteiger partial charge in [0.25, 0.3) is 5.91 Å². The summed E-state index contributed by atoms with van der Waals surface area (Å²) in [6.45, 7) is 5.85. The number of rotatable bonds is 3. The van der Waals surface area contributed by atoms with E-state index < -0.39 is 0 Å². The summed E-state index contributed by atoms with van der Waals surface area (Å²) < 4.78 is 2.10. The van der Waals surface area contributed by atoms with Gasteiger partial charge in [0.15, 0.2) is 0 Å². The normalized spacial score (nSPS) is 20.5. The van der Waals surface area contributed by atoms with Crippen LogP contribution >= 0.6 is 0 Å². The van der Waals surface area contributed by atoms with E-state index in [0.717, 1.165) is 49.7 Å². The minimum Gasteiger partial charge on any atom is -0.372 e. The Morgan fingerprint density at radius 3 is 2.48 bits per heavy atom. The molecule has 2 aliphatic rings. The molecule has 0 radical (unpaired) electrons. The lowest BCUT2D eigenvalue weighted by molar-refractivity contribution is 0.0790. The second-order valence-electron chi connectivity index (χ2n) is 7.33. The number of anilines is 1. The second kappa shape index (κ2) is 6.54. The van der Waals surface area contributed by atoms with E-state index in [9.17, 15) is 4.79 Å². The maximum Gasteiger partial charge on any atom is 0.253 e. The van der Waals surface area contributed by atoms with E-state index in [1.807, 2.05) is 31.0 Å². The average Bonchev–Trinajstić information content (AvgIpc) is 3.35. The number of carbonyl (C=O) groups is 1. The van der Waals surface area contributed by atoms with Crippen LogP contribution in [0.2, 0.25) is 0 Å². The molecular weight excluding hydrogens is 312 g/mol. The van der Waals surface area contributed by atoms with Crippen LogP contribution in [0.3, 0.4) is 0 Å². The lowest BCUT2D eigenvalue weighted by atomic mass is 10.1. The highest BCUT2D eigenvalue weighted by molar-refractivity contribution is 5.94. The van der Waals surface area contributed by atoms with Gasteiger partial charge in [0, 0.05) is 56.6 Å². The van der Waals surface area contributed by atoms with E-state index in [1.54, 1.807) is 0 Å². The predicted octanol–water partition coefficient (Wildman–Crippen LogP) is 2.96. The highest BCUT2D eigenvalue weighted by Crippen LogP contribution is 2.28. The fourth-order valence-corrected chi connectivity index (χ4v) is 4.14. The SMILES string of the molecule is Cc1cn(C)c(C2CCN(C(=O)c3ccc(N4CCCC4)cc3)C2)n1. The molecule has 0 bridgehead atoms. The van der Waals surface area contributed by atoms with E-state index >= 15 is 0 Å². The highest BCUT2D eigenvalue weighted by Gasteiger charge is 2.30. The lowest BCUT2D eigenvalue weighted by Crippen LogP contribution is -2.28. The minimum absolute atomic E-state index is 0.140. The molecule has 2 saturated heterocycles. The summed E-state index contributed by atoms with van der Waals surface area (Å²) in [5, 5.41) is 0. The Hall–Kier alpha value is -2.30. The summed E-state index contributed by atoms with van der Waals surface area (Å²) in [7, 11) is 2.04. The Kier molecular flexibility index (Phi) is 4.24. The van der Waals surface area contributed by atoms with Crippen molar-refractivity contribution in [1.29, 1.82) is 0 Å². The molecule has 1 aromatic heterocycles. The van der Waals surface area contributed by atoms with E-state index in [2.05, 4.69) is 32.8 Å². The van der Waals surface area contributed by atoms with Crippen molar-refractivity contribution in [2.75, 3.05) is 31.1 Å². The zero-order chi connectivity index (χ0) is 17.4. The number of amides is 1. The average molecular weight is 338 g/mol. The molecule has 0 saturated carbocycles. The van der Waals surface area contributed by atoms with Gasteiger partial charge in [-0.2, -0.15) is 0 Å². The number of benzene rings is 1. The summed E-state index contributed by atoms with van der Waals surface area (Å²) >= 11 is 0. The van der Waals surface area contributed by atoms with Crippen molar-refractivity contribution in [2.24, 2.45) is 7.05 Å². The summed E-state index contributed by atoms with van der Waals surface area (Å²) in [4.78, 5) is 21.8. The topological polar surface area (TPSA) is 41.4 Å². The molecule has 1 unspecified atom stereocenters. The van der Waals surface area contributed by atoms with E-state index in [-0.39, 0.29) is 5.91 Å². The summed E-state index contributed by atoms with van der Waals surface area (Å²) in [5.74, 6) is 1.57. The standard InChI is InChI=1S/C20H26N4O/c1-15-13-22(2)19(21-15)17-9-12-24(14-17)20(25)16-5-7-18(8-6-16)23-10-3-4-11-23/h5-8,13,17H,3-4,9-12,14H2,1-2H3. The Morgan fingerprint density at radius 1 is 1.12 bits per heavy atom. The van der Waals surface area contributed by atoms with Crippen molar-refractivity contribution in [3.8, 4) is 0 Å². The number of likely N-dealkylation sites (tertiary alicyclic amines) is 1. The number of hydrogen-bond acceptors (Lipinski definition) is 3. The van der Waals surface area contributed by atoms with Crippen LogP contribution in [-0.2, 0) is 7.05 Å². The van der Waals surface area contributed by atoms with Crippen LogP contribution in [0.1, 0.15) is 47.1 Å². The van der Waals surface area contributed by atoms with E-state index in [4.69, 9.17) is 0 Å². The molecular formula is C20H26N4O. The summed E-state index contributed by atoms with van der Waals surface area (Å²) in [6.07, 6.45) is 5.57. The fraction of sp³-hybridized carbons (Fsp3) is 0.500. The molecule has 2 aromatic rings. The van der Waals surface area contributed by atoms with Gasteiger partial charge in [-0.1, -0.05) is 0 Å². The molecule has 25 heavy (non-hydrogen) atoms. The molecule has 2 fully saturated rings. The molecule has 0 N–H and O–H groups in total. The van der Waals surface area contributed by atoms with Gasteiger partial charge in [0.2, 0.25) is 0 Å². The first kappa shape index (κ1) is 16.2. The fourth-order valence-electron chi connectivity index (χ4n) is 4.14. The zero-order valence-electron chi connectivity index (χ0n) is 15.1. The molecule has 1 amide bonds. The number of aromatic nitrogens is 2. The van der Waals surface area contributed by atoms with E-state index in [0.29, 0.717) is 5.92 Å². The first-order valence-corrected chi connectivity index (χ1v) is 9.26. The molecule has 1 aromatic carbocycles. The third-order valence-electron chi connectivity index (χ3n) is 5.46. The van der Waals surface area contributed by atoms with Gasteiger partial charge in [-0.3, -0.25) is 4.79 Å². The van der Waals surface area contributed by atoms with Gasteiger partial charge in [-0.15, -0.1) is 0 Å². The monoisotopic (exact) mass is 338 g/mol. The van der Waals surface area contributed by atoms with Crippen LogP contribution in [0.15, 0.2) is 30.5 Å². The molecule has 4 rings (SSSR count). The number of carbonyl (C=O) groups excluding carboxylic acids is 1. The van der Waals surface area contributed by atoms with Crippen LogP contribution < -0.4 is 4.90 Å². The van der Waals surface area contributed by atoms with Gasteiger partial charge in [0.05, 0.1) is 5.69 Å². The van der Waals surface area contributed by atoms with Gasteiger partial charge in [-0.05, 0) is 50.5 Å². The summed E-state index contributed by atoms with van der Waals surface area (Å²) in [6, 6.07) is 8.14. The summed E-state index contributed by atoms with van der Waals surface area (Å²) in [5.41, 5.74) is 3.07. The Labute approximate surface area is 149 Å². The number of nitrogens with zero attached hydrogens (tertiary/aromatic N) is 4. The lowest BCUT2D eigenvalue weighted by Gasteiger charge is -2.19. The smallest absolute Gasteiger partial charge is 0.253 e. The van der Waals surface area contributed by atoms with Crippen molar-refractivity contribution < 1.29 is 4.79 Å². The van der Waals surface area contributed by atoms with Crippen molar-refractivity contribution in [3.05, 3.63) is 47.5 Å². The third-order valence-corrected chi connectivity index (χ3v) is 5.46. The Bertz CT molecular complexity index is 759. The van der Waals surface area contributed by atoms with Crippen molar-refractivity contribution in [1.82, 2.24) is 14.5 Å². The van der Waals surface area contributed by atoms with Crippen LogP contribution in [0, 0.1) is 6.92 Å². The third kappa shape index (κ3) is 3.15. The molecule has 2 aliphatic heterocycles.